The van der Waals surface area contributed by atoms with Gasteiger partial charge in [0.25, 0.3) is 0 Å². The summed E-state index contributed by atoms with van der Waals surface area (Å²) in [5.74, 6) is 0. The highest BCUT2D eigenvalue weighted by atomic mass is 16.3. The Morgan fingerprint density at radius 1 is 1.40 bits per heavy atom. The second-order valence-electron chi connectivity index (χ2n) is 2.76. The molecule has 0 rings (SSSR count). The predicted molar refractivity (Wildman–Crippen MR) is 39.3 cm³/mol. The highest BCUT2D eigenvalue weighted by Gasteiger charge is 2.07. The first kappa shape index (κ1) is 12.1. The molecule has 3 heteroatoms. The summed E-state index contributed by atoms with van der Waals surface area (Å²) in [6, 6.07) is 1.66. The van der Waals surface area contributed by atoms with Crippen LogP contribution in [0.2, 0.25) is 0 Å². The van der Waals surface area contributed by atoms with E-state index < -0.39 is 5.60 Å². The first-order valence-corrected chi connectivity index (χ1v) is 3.11. The van der Waals surface area contributed by atoms with E-state index in [1.165, 1.54) is 13.8 Å². The fourth-order valence-corrected chi connectivity index (χ4v) is 0. The molecular formula is C7H15NO2. The van der Waals surface area contributed by atoms with Gasteiger partial charge in [-0.15, -0.1) is 0 Å². The van der Waals surface area contributed by atoms with Crippen LogP contribution in [0, 0.1) is 11.3 Å². The molecule has 10 heavy (non-hydrogen) atoms. The van der Waals surface area contributed by atoms with E-state index in [4.69, 9.17) is 15.5 Å². The third kappa shape index (κ3) is 52.4. The molecule has 0 bridgehead atoms. The van der Waals surface area contributed by atoms with Crippen LogP contribution in [0.25, 0.3) is 0 Å². The quantitative estimate of drug-likeness (QED) is 0.492. The van der Waals surface area contributed by atoms with Crippen LogP contribution in [0.5, 0.6) is 0 Å². The molecule has 0 spiro atoms. The molecule has 3 nitrogen and oxygen atoms in total. The number of rotatable bonds is 0. The third-order valence-electron chi connectivity index (χ3n) is 0.274. The Kier molecular flexibility index (Phi) is 6.32. The second kappa shape index (κ2) is 5.21. The molecule has 2 N–H and O–H groups in total. The van der Waals surface area contributed by atoms with Crippen molar-refractivity contribution in [1.82, 2.24) is 0 Å². The van der Waals surface area contributed by atoms with Crippen molar-refractivity contribution in [1.29, 1.82) is 5.26 Å². The minimum absolute atomic E-state index is 0.167. The van der Waals surface area contributed by atoms with E-state index in [1.54, 1.807) is 19.9 Å². The fourth-order valence-electron chi connectivity index (χ4n) is 0. The highest BCUT2D eigenvalue weighted by molar-refractivity contribution is 4.91. The van der Waals surface area contributed by atoms with Crippen molar-refractivity contribution in [2.45, 2.75) is 39.4 Å². The number of aliphatic hydroxyl groups is 2. The molecule has 0 amide bonds. The number of nitrogens with zero attached hydrogens (tertiary/aromatic N) is 1. The lowest BCUT2D eigenvalue weighted by molar-refractivity contribution is 0.141. The van der Waals surface area contributed by atoms with Gasteiger partial charge in [-0.3, -0.25) is 0 Å². The normalized spacial score (nSPS) is 9.80. The van der Waals surface area contributed by atoms with Gasteiger partial charge in [-0.2, -0.15) is 5.26 Å². The van der Waals surface area contributed by atoms with Gasteiger partial charge in [0.05, 0.1) is 6.07 Å². The minimum atomic E-state index is -1.15. The van der Waals surface area contributed by atoms with Crippen LogP contribution < -0.4 is 0 Å². The molecule has 0 saturated heterocycles. The van der Waals surface area contributed by atoms with Crippen LogP contribution in [0.4, 0.5) is 0 Å². The van der Waals surface area contributed by atoms with Crippen molar-refractivity contribution in [3.8, 4) is 6.07 Å². The van der Waals surface area contributed by atoms with Gasteiger partial charge in [-0.1, -0.05) is 0 Å². The summed E-state index contributed by atoms with van der Waals surface area (Å²) in [5, 5.41) is 24.4. The molecule has 0 aromatic rings. The molecule has 60 valence electrons. The molecule has 0 aromatic heterocycles. The summed E-state index contributed by atoms with van der Waals surface area (Å²) in [4.78, 5) is 0. The van der Waals surface area contributed by atoms with E-state index in [9.17, 15) is 0 Å². The summed E-state index contributed by atoms with van der Waals surface area (Å²) < 4.78 is 0. The molecular weight excluding hydrogens is 130 g/mol. The van der Waals surface area contributed by atoms with Crippen molar-refractivity contribution < 1.29 is 10.2 Å². The van der Waals surface area contributed by atoms with Crippen LogP contribution >= 0.6 is 0 Å². The molecule has 0 aliphatic heterocycles. The topological polar surface area (TPSA) is 64.2 Å². The third-order valence-corrected chi connectivity index (χ3v) is 0.274. The average Bonchev–Trinajstić information content (AvgIpc) is 1.63. The van der Waals surface area contributed by atoms with Crippen molar-refractivity contribution in [2.24, 2.45) is 0 Å². The Balaban J connectivity index is 0. The molecule has 0 heterocycles. The van der Waals surface area contributed by atoms with Gasteiger partial charge in [0.15, 0.2) is 0 Å². The zero-order valence-electron chi connectivity index (χ0n) is 6.92. The van der Waals surface area contributed by atoms with Crippen LogP contribution in [0.15, 0.2) is 0 Å². The monoisotopic (exact) mass is 145 g/mol. The Morgan fingerprint density at radius 2 is 1.50 bits per heavy atom. The smallest absolute Gasteiger partial charge is 0.145 e. The van der Waals surface area contributed by atoms with Crippen LogP contribution in [-0.2, 0) is 0 Å². The van der Waals surface area contributed by atoms with Crippen molar-refractivity contribution in [2.75, 3.05) is 0 Å². The second-order valence-corrected chi connectivity index (χ2v) is 2.76. The lowest BCUT2D eigenvalue weighted by Gasteiger charge is -2.00. The number of aliphatic hydroxyl groups excluding tert-OH is 1. The van der Waals surface area contributed by atoms with Gasteiger partial charge >= 0.3 is 0 Å². The van der Waals surface area contributed by atoms with E-state index in [1.807, 2.05) is 0 Å². The molecule has 0 atom stereocenters. The van der Waals surface area contributed by atoms with E-state index in [2.05, 4.69) is 0 Å². The first-order valence-electron chi connectivity index (χ1n) is 3.11. The van der Waals surface area contributed by atoms with Gasteiger partial charge in [-0.25, -0.2) is 0 Å². The van der Waals surface area contributed by atoms with Gasteiger partial charge in [0, 0.05) is 6.10 Å². The summed E-state index contributed by atoms with van der Waals surface area (Å²) in [5.41, 5.74) is -1.15. The predicted octanol–water partition coefficient (Wildman–Crippen LogP) is 0.668. The summed E-state index contributed by atoms with van der Waals surface area (Å²) in [7, 11) is 0. The zero-order chi connectivity index (χ0) is 8.78. The maximum absolute atomic E-state index is 8.47. The van der Waals surface area contributed by atoms with Crippen molar-refractivity contribution in [3.63, 3.8) is 0 Å². The van der Waals surface area contributed by atoms with E-state index in [0.717, 1.165) is 0 Å². The summed E-state index contributed by atoms with van der Waals surface area (Å²) in [6.45, 7) is 6.32. The molecule has 0 fully saturated rings. The Morgan fingerprint density at radius 3 is 1.50 bits per heavy atom. The van der Waals surface area contributed by atoms with Crippen molar-refractivity contribution in [3.05, 3.63) is 0 Å². The molecule has 0 saturated carbocycles. The molecule has 0 radical (unpaired) electrons. The van der Waals surface area contributed by atoms with Crippen molar-refractivity contribution >= 4 is 0 Å². The maximum Gasteiger partial charge on any atom is 0.145 e. The molecule has 0 aliphatic rings. The molecule has 0 unspecified atom stereocenters. The van der Waals surface area contributed by atoms with Gasteiger partial charge in [-0.05, 0) is 27.7 Å². The molecule has 0 aliphatic carbocycles. The van der Waals surface area contributed by atoms with Crippen LogP contribution in [-0.4, -0.2) is 21.9 Å². The number of hydrogen-bond acceptors (Lipinski definition) is 3. The maximum atomic E-state index is 8.47. The summed E-state index contributed by atoms with van der Waals surface area (Å²) >= 11 is 0. The standard InChI is InChI=1S/C4H7NO.C3H8O/c1-4(2,6)3-5;1-3(2)4/h6H,1-2H3;3-4H,1-2H3. The Bertz CT molecular complexity index is 105. The lowest BCUT2D eigenvalue weighted by Crippen LogP contribution is -2.13. The SMILES string of the molecule is CC(C)(O)C#N.CC(C)O. The first-order chi connectivity index (χ1) is 4.29. The Labute approximate surface area is 61.9 Å². The van der Waals surface area contributed by atoms with E-state index in [0.29, 0.717) is 0 Å². The van der Waals surface area contributed by atoms with Gasteiger partial charge in [0.1, 0.15) is 5.60 Å². The zero-order valence-corrected chi connectivity index (χ0v) is 6.92. The highest BCUT2D eigenvalue weighted by Crippen LogP contribution is 1.93. The minimum Gasteiger partial charge on any atom is -0.394 e. The Hall–Kier alpha value is -0.590. The fraction of sp³-hybridized carbons (Fsp3) is 0.857. The van der Waals surface area contributed by atoms with Crippen LogP contribution in [0.3, 0.4) is 0 Å². The van der Waals surface area contributed by atoms with Crippen LogP contribution in [0.1, 0.15) is 27.7 Å². The number of hydrogen-bond donors (Lipinski definition) is 2. The van der Waals surface area contributed by atoms with E-state index in [-0.39, 0.29) is 6.10 Å². The summed E-state index contributed by atoms with van der Waals surface area (Å²) in [6.07, 6.45) is -0.167. The van der Waals surface area contributed by atoms with Gasteiger partial charge < -0.3 is 10.2 Å². The van der Waals surface area contributed by atoms with Gasteiger partial charge in [0.2, 0.25) is 0 Å². The largest absolute Gasteiger partial charge is 0.394 e. The molecule has 0 aromatic carbocycles. The lowest BCUT2D eigenvalue weighted by atomic mass is 10.2. The average molecular weight is 145 g/mol. The van der Waals surface area contributed by atoms with E-state index >= 15 is 0 Å². The number of nitriles is 1.